The van der Waals surface area contributed by atoms with Crippen LogP contribution in [-0.2, 0) is 14.8 Å². The summed E-state index contributed by atoms with van der Waals surface area (Å²) in [5.41, 5.74) is 0.729. The summed E-state index contributed by atoms with van der Waals surface area (Å²) in [7, 11) is -2.33. The number of carbonyl (C=O) groups is 1. The standard InChI is InChI=1S/C15H15ClN2O4S/c1-10(19)17-11-3-6-13(7-4-11)23(20,21)18-15-9-12(22-2)5-8-14(15)16/h3-9,18H,1-2H3,(H,17,19). The Bertz CT molecular complexity index is 820. The molecule has 0 radical (unpaired) electrons. The van der Waals surface area contributed by atoms with Gasteiger partial charge in [0.2, 0.25) is 5.91 Å². The number of ether oxygens (including phenoxy) is 1. The zero-order chi connectivity index (χ0) is 17.0. The molecule has 6 nitrogen and oxygen atoms in total. The molecule has 0 aromatic heterocycles. The van der Waals surface area contributed by atoms with Gasteiger partial charge < -0.3 is 10.1 Å². The van der Waals surface area contributed by atoms with Crippen LogP contribution in [0.2, 0.25) is 5.02 Å². The van der Waals surface area contributed by atoms with Crippen molar-refractivity contribution in [3.05, 3.63) is 47.5 Å². The van der Waals surface area contributed by atoms with Crippen LogP contribution in [0.1, 0.15) is 6.92 Å². The monoisotopic (exact) mass is 354 g/mol. The van der Waals surface area contributed by atoms with Crippen molar-refractivity contribution in [3.63, 3.8) is 0 Å². The molecule has 2 N–H and O–H groups in total. The first-order valence-corrected chi connectivity index (χ1v) is 8.42. The molecule has 8 heteroatoms. The topological polar surface area (TPSA) is 84.5 Å². The molecule has 0 saturated heterocycles. The van der Waals surface area contributed by atoms with Crippen molar-refractivity contribution in [2.75, 3.05) is 17.1 Å². The Balaban J connectivity index is 2.26. The number of rotatable bonds is 5. The van der Waals surface area contributed by atoms with Crippen LogP contribution in [-0.4, -0.2) is 21.4 Å². The molecular formula is C15H15ClN2O4S. The maximum Gasteiger partial charge on any atom is 0.261 e. The number of amides is 1. The Morgan fingerprint density at radius 1 is 1.13 bits per heavy atom. The SMILES string of the molecule is COc1ccc(Cl)c(NS(=O)(=O)c2ccc(NC(C)=O)cc2)c1. The number of carbonyl (C=O) groups excluding carboxylic acids is 1. The van der Waals surface area contributed by atoms with Crippen molar-refractivity contribution in [1.82, 2.24) is 0 Å². The number of halogens is 1. The molecule has 0 spiro atoms. The van der Waals surface area contributed by atoms with E-state index >= 15 is 0 Å². The van der Waals surface area contributed by atoms with Gasteiger partial charge in [0.05, 0.1) is 22.7 Å². The first-order valence-electron chi connectivity index (χ1n) is 6.56. The second kappa shape index (κ2) is 6.89. The average molecular weight is 355 g/mol. The fourth-order valence-corrected chi connectivity index (χ4v) is 3.13. The molecule has 0 atom stereocenters. The summed E-state index contributed by atoms with van der Waals surface area (Å²) in [6, 6.07) is 10.4. The van der Waals surface area contributed by atoms with Gasteiger partial charge in [-0.2, -0.15) is 0 Å². The minimum absolute atomic E-state index is 0.0467. The summed E-state index contributed by atoms with van der Waals surface area (Å²) >= 11 is 6.00. The van der Waals surface area contributed by atoms with Gasteiger partial charge in [0.1, 0.15) is 5.75 Å². The zero-order valence-corrected chi connectivity index (χ0v) is 14.0. The second-order valence-electron chi connectivity index (χ2n) is 4.66. The van der Waals surface area contributed by atoms with Crippen molar-refractivity contribution < 1.29 is 17.9 Å². The molecule has 0 aliphatic carbocycles. The lowest BCUT2D eigenvalue weighted by Crippen LogP contribution is -2.13. The fraction of sp³-hybridized carbons (Fsp3) is 0.133. The summed E-state index contributed by atoms with van der Waals surface area (Å²) in [5.74, 6) is 0.245. The van der Waals surface area contributed by atoms with Crippen molar-refractivity contribution in [1.29, 1.82) is 0 Å². The van der Waals surface area contributed by atoms with Crippen LogP contribution in [0.5, 0.6) is 5.75 Å². The molecule has 0 aliphatic heterocycles. The van der Waals surface area contributed by atoms with Crippen molar-refractivity contribution >= 4 is 38.9 Å². The molecule has 0 saturated carbocycles. The minimum atomic E-state index is -3.81. The summed E-state index contributed by atoms with van der Waals surface area (Å²) in [4.78, 5) is 11.0. The van der Waals surface area contributed by atoms with E-state index in [4.69, 9.17) is 16.3 Å². The van der Waals surface area contributed by atoms with E-state index < -0.39 is 10.0 Å². The molecule has 2 aromatic rings. The number of methoxy groups -OCH3 is 1. The lowest BCUT2D eigenvalue weighted by Gasteiger charge is -2.11. The van der Waals surface area contributed by atoms with Gasteiger partial charge in [-0.15, -0.1) is 0 Å². The fourth-order valence-electron chi connectivity index (χ4n) is 1.83. The normalized spacial score (nSPS) is 10.9. The van der Waals surface area contributed by atoms with Gasteiger partial charge in [0, 0.05) is 18.7 Å². The van der Waals surface area contributed by atoms with Crippen LogP contribution in [0.25, 0.3) is 0 Å². The first-order chi connectivity index (χ1) is 10.8. The minimum Gasteiger partial charge on any atom is -0.497 e. The molecule has 0 heterocycles. The summed E-state index contributed by atoms with van der Waals surface area (Å²) in [6.07, 6.45) is 0. The quantitative estimate of drug-likeness (QED) is 0.864. The predicted octanol–water partition coefficient (Wildman–Crippen LogP) is 3.11. The van der Waals surface area contributed by atoms with Crippen molar-refractivity contribution in [2.24, 2.45) is 0 Å². The Hall–Kier alpha value is -2.25. The van der Waals surface area contributed by atoms with E-state index in [0.29, 0.717) is 11.4 Å². The highest BCUT2D eigenvalue weighted by Crippen LogP contribution is 2.29. The molecule has 1 amide bonds. The Morgan fingerprint density at radius 2 is 1.78 bits per heavy atom. The zero-order valence-electron chi connectivity index (χ0n) is 12.5. The molecule has 23 heavy (non-hydrogen) atoms. The van der Waals surface area contributed by atoms with Gasteiger partial charge >= 0.3 is 0 Å². The van der Waals surface area contributed by atoms with E-state index in [1.165, 1.54) is 50.4 Å². The second-order valence-corrected chi connectivity index (χ2v) is 6.75. The number of hydrogen-bond donors (Lipinski definition) is 2. The Morgan fingerprint density at radius 3 is 2.35 bits per heavy atom. The van der Waals surface area contributed by atoms with Crippen LogP contribution in [0.4, 0.5) is 11.4 Å². The lowest BCUT2D eigenvalue weighted by atomic mass is 10.3. The largest absolute Gasteiger partial charge is 0.497 e. The third-order valence-corrected chi connectivity index (χ3v) is 4.61. The van der Waals surface area contributed by atoms with Crippen molar-refractivity contribution in [2.45, 2.75) is 11.8 Å². The van der Waals surface area contributed by atoms with Crippen LogP contribution >= 0.6 is 11.6 Å². The molecule has 0 aliphatic rings. The molecule has 0 bridgehead atoms. The summed E-state index contributed by atoms with van der Waals surface area (Å²) < 4.78 is 32.2. The van der Waals surface area contributed by atoms with Crippen LogP contribution in [0, 0.1) is 0 Å². The number of nitrogens with one attached hydrogen (secondary N) is 2. The van der Waals surface area contributed by atoms with E-state index in [0.717, 1.165) is 0 Å². The van der Waals surface area contributed by atoms with Gasteiger partial charge in [0.25, 0.3) is 10.0 Å². The van der Waals surface area contributed by atoms with E-state index in [-0.39, 0.29) is 21.5 Å². The molecule has 0 unspecified atom stereocenters. The Kier molecular flexibility index (Phi) is 5.12. The smallest absolute Gasteiger partial charge is 0.261 e. The number of anilines is 2. The molecule has 2 rings (SSSR count). The van der Waals surface area contributed by atoms with Crippen molar-refractivity contribution in [3.8, 4) is 5.75 Å². The van der Waals surface area contributed by atoms with E-state index in [9.17, 15) is 13.2 Å². The highest BCUT2D eigenvalue weighted by molar-refractivity contribution is 7.92. The van der Waals surface area contributed by atoms with Crippen LogP contribution in [0.3, 0.4) is 0 Å². The summed E-state index contributed by atoms with van der Waals surface area (Å²) in [5, 5.41) is 2.82. The molecule has 2 aromatic carbocycles. The van der Waals surface area contributed by atoms with Crippen LogP contribution in [0.15, 0.2) is 47.4 Å². The molecule has 0 fully saturated rings. The van der Waals surface area contributed by atoms with Gasteiger partial charge in [-0.25, -0.2) is 8.42 Å². The number of sulfonamides is 1. The maximum atomic E-state index is 12.4. The first kappa shape index (κ1) is 17.1. The van der Waals surface area contributed by atoms with E-state index in [1.54, 1.807) is 6.07 Å². The van der Waals surface area contributed by atoms with Gasteiger partial charge in [-0.05, 0) is 36.4 Å². The highest BCUT2D eigenvalue weighted by Gasteiger charge is 2.16. The number of hydrogen-bond acceptors (Lipinski definition) is 4. The highest BCUT2D eigenvalue weighted by atomic mass is 35.5. The third kappa shape index (κ3) is 4.37. The maximum absolute atomic E-state index is 12.4. The van der Waals surface area contributed by atoms with E-state index in [2.05, 4.69) is 10.0 Å². The summed E-state index contributed by atoms with van der Waals surface area (Å²) in [6.45, 7) is 1.37. The van der Waals surface area contributed by atoms with Gasteiger partial charge in [-0.1, -0.05) is 11.6 Å². The Labute approximate surface area is 139 Å². The molecular weight excluding hydrogens is 340 g/mol. The van der Waals surface area contributed by atoms with Gasteiger partial charge in [-0.3, -0.25) is 9.52 Å². The third-order valence-electron chi connectivity index (χ3n) is 2.90. The average Bonchev–Trinajstić information content (AvgIpc) is 2.49. The predicted molar refractivity (Wildman–Crippen MR) is 89.6 cm³/mol. The lowest BCUT2D eigenvalue weighted by molar-refractivity contribution is -0.114. The van der Waals surface area contributed by atoms with Gasteiger partial charge in [0.15, 0.2) is 0 Å². The number of benzene rings is 2. The van der Waals surface area contributed by atoms with Crippen LogP contribution < -0.4 is 14.8 Å². The molecule has 122 valence electrons. The van der Waals surface area contributed by atoms with E-state index in [1.807, 2.05) is 0 Å².